The van der Waals surface area contributed by atoms with Crippen LogP contribution in [0.5, 0.6) is 23.0 Å². The van der Waals surface area contributed by atoms with Gasteiger partial charge in [-0.25, -0.2) is 0 Å². The molecule has 0 radical (unpaired) electrons. The SMILES string of the molecule is Cc1ccc2c3c1Oc1cccc4c1B3c1c(ccc3c5ccccc5n-4c13)O2. The number of hydrogen-bond donors (Lipinski definition) is 0. The van der Waals surface area contributed by atoms with Crippen molar-refractivity contribution < 1.29 is 9.47 Å². The molecule has 0 aliphatic carbocycles. The van der Waals surface area contributed by atoms with Gasteiger partial charge in [0.15, 0.2) is 0 Å². The van der Waals surface area contributed by atoms with E-state index >= 15 is 0 Å². The Bertz CT molecular complexity index is 1580. The number of benzene rings is 4. The van der Waals surface area contributed by atoms with Crippen molar-refractivity contribution in [1.82, 2.24) is 4.57 Å². The summed E-state index contributed by atoms with van der Waals surface area (Å²) in [6.45, 7) is 2.25. The highest BCUT2D eigenvalue weighted by Gasteiger charge is 2.46. The Hall–Kier alpha value is -3.66. The average Bonchev–Trinajstić information content (AvgIpc) is 3.10. The van der Waals surface area contributed by atoms with Crippen LogP contribution in [0.1, 0.15) is 5.56 Å². The third-order valence-corrected chi connectivity index (χ3v) is 6.77. The molecule has 3 nitrogen and oxygen atoms in total. The van der Waals surface area contributed by atoms with Crippen LogP contribution >= 0.6 is 0 Å². The van der Waals surface area contributed by atoms with E-state index < -0.39 is 0 Å². The minimum absolute atomic E-state index is 0.143. The van der Waals surface area contributed by atoms with Crippen molar-refractivity contribution >= 4 is 44.9 Å². The van der Waals surface area contributed by atoms with E-state index in [4.69, 9.17) is 9.47 Å². The molecule has 0 fully saturated rings. The molecule has 3 aliphatic heterocycles. The van der Waals surface area contributed by atoms with Gasteiger partial charge in [-0.1, -0.05) is 30.3 Å². The highest BCUT2D eigenvalue weighted by Crippen LogP contribution is 2.43. The fourth-order valence-corrected chi connectivity index (χ4v) is 5.64. The lowest BCUT2D eigenvalue weighted by atomic mass is 9.33. The van der Waals surface area contributed by atoms with E-state index in [-0.39, 0.29) is 6.71 Å². The summed E-state index contributed by atoms with van der Waals surface area (Å²) < 4.78 is 15.3. The predicted octanol–water partition coefficient (Wildman–Crippen LogP) is 4.13. The maximum absolute atomic E-state index is 6.47. The molecule has 29 heavy (non-hydrogen) atoms. The summed E-state index contributed by atoms with van der Waals surface area (Å²) in [5.74, 6) is 3.77. The second kappa shape index (κ2) is 4.49. The van der Waals surface area contributed by atoms with Gasteiger partial charge in [0.25, 0.3) is 6.71 Å². The van der Waals surface area contributed by atoms with Gasteiger partial charge < -0.3 is 14.0 Å². The van der Waals surface area contributed by atoms with E-state index in [1.54, 1.807) is 0 Å². The Morgan fingerprint density at radius 2 is 1.52 bits per heavy atom. The molecular weight excluding hydrogens is 357 g/mol. The van der Waals surface area contributed by atoms with E-state index in [0.29, 0.717) is 0 Å². The first-order valence-corrected chi connectivity index (χ1v) is 10.00. The Kier molecular flexibility index (Phi) is 2.22. The van der Waals surface area contributed by atoms with E-state index in [1.807, 2.05) is 0 Å². The van der Waals surface area contributed by atoms with Gasteiger partial charge in [0, 0.05) is 21.9 Å². The number of para-hydroxylation sites is 1. The van der Waals surface area contributed by atoms with Crippen molar-refractivity contribution in [2.24, 2.45) is 0 Å². The summed E-state index contributed by atoms with van der Waals surface area (Å²) >= 11 is 0. The normalized spacial score (nSPS) is 14.2. The average molecular weight is 371 g/mol. The van der Waals surface area contributed by atoms with Crippen molar-refractivity contribution in [3.05, 3.63) is 72.3 Å². The van der Waals surface area contributed by atoms with Crippen molar-refractivity contribution in [2.75, 3.05) is 0 Å². The highest BCUT2D eigenvalue weighted by atomic mass is 16.5. The summed E-state index contributed by atoms with van der Waals surface area (Å²) in [6, 6.07) is 23.6. The maximum atomic E-state index is 6.47. The molecular formula is C25H14BNO2. The number of hydrogen-bond acceptors (Lipinski definition) is 2. The summed E-state index contributed by atoms with van der Waals surface area (Å²) in [7, 11) is 0. The molecule has 3 aliphatic rings. The molecule has 0 spiro atoms. The fourth-order valence-electron chi connectivity index (χ4n) is 5.64. The van der Waals surface area contributed by atoms with Crippen molar-refractivity contribution in [2.45, 2.75) is 6.92 Å². The summed E-state index contributed by atoms with van der Waals surface area (Å²) in [4.78, 5) is 0. The number of aromatic nitrogens is 1. The second-order valence-electron chi connectivity index (χ2n) is 8.18. The van der Waals surface area contributed by atoms with Crippen LogP contribution in [0, 0.1) is 6.92 Å². The Balaban J connectivity index is 1.69. The lowest BCUT2D eigenvalue weighted by molar-refractivity contribution is 0.462. The lowest BCUT2D eigenvalue weighted by Gasteiger charge is -2.37. The number of fused-ring (bicyclic) bond motifs is 4. The molecule has 4 aromatic carbocycles. The second-order valence-corrected chi connectivity index (χ2v) is 8.18. The van der Waals surface area contributed by atoms with Crippen LogP contribution in [0.4, 0.5) is 0 Å². The van der Waals surface area contributed by atoms with Crippen molar-refractivity contribution in [3.8, 4) is 28.7 Å². The molecule has 0 saturated carbocycles. The van der Waals surface area contributed by atoms with Crippen LogP contribution in [0.3, 0.4) is 0 Å². The zero-order valence-corrected chi connectivity index (χ0v) is 15.7. The number of ether oxygens (including phenoxy) is 2. The van der Waals surface area contributed by atoms with Gasteiger partial charge in [-0.2, -0.15) is 0 Å². The van der Waals surface area contributed by atoms with Crippen LogP contribution in [0.25, 0.3) is 27.5 Å². The quantitative estimate of drug-likeness (QED) is 0.374. The van der Waals surface area contributed by atoms with Gasteiger partial charge in [-0.15, -0.1) is 0 Å². The third-order valence-electron chi connectivity index (χ3n) is 6.77. The molecule has 4 heteroatoms. The zero-order valence-electron chi connectivity index (χ0n) is 15.7. The van der Waals surface area contributed by atoms with E-state index in [1.165, 1.54) is 43.9 Å². The van der Waals surface area contributed by atoms with E-state index in [9.17, 15) is 0 Å². The standard InChI is InChI=1S/C25H14BNO2/c1-13-9-11-20-23-25(13)29-18-8-4-7-17-21(18)26(23)22-19(28-20)12-10-15-14-5-2-3-6-16(14)27(17)24(15)22/h2-12H,1H3. The summed E-state index contributed by atoms with van der Waals surface area (Å²) in [5.41, 5.74) is 8.52. The zero-order chi connectivity index (χ0) is 18.9. The van der Waals surface area contributed by atoms with Gasteiger partial charge in [-0.3, -0.25) is 0 Å². The van der Waals surface area contributed by atoms with E-state index in [0.717, 1.165) is 28.6 Å². The molecule has 0 amide bonds. The first-order chi connectivity index (χ1) is 14.3. The van der Waals surface area contributed by atoms with E-state index in [2.05, 4.69) is 78.2 Å². The van der Waals surface area contributed by atoms with Crippen LogP contribution in [-0.4, -0.2) is 11.3 Å². The highest BCUT2D eigenvalue weighted by molar-refractivity contribution is 7.00. The maximum Gasteiger partial charge on any atom is 0.266 e. The molecule has 8 rings (SSSR count). The molecule has 0 unspecified atom stereocenters. The first kappa shape index (κ1) is 14.4. The molecule has 1 aromatic heterocycles. The van der Waals surface area contributed by atoms with Crippen LogP contribution < -0.4 is 25.9 Å². The first-order valence-electron chi connectivity index (χ1n) is 10.00. The minimum atomic E-state index is 0.143. The molecule has 0 N–H and O–H groups in total. The molecule has 4 heterocycles. The molecule has 0 bridgehead atoms. The topological polar surface area (TPSA) is 23.4 Å². The molecule has 134 valence electrons. The fraction of sp³-hybridized carbons (Fsp3) is 0.0400. The Labute approximate surface area is 167 Å². The Morgan fingerprint density at radius 3 is 2.48 bits per heavy atom. The van der Waals surface area contributed by atoms with Crippen LogP contribution in [0.2, 0.25) is 0 Å². The monoisotopic (exact) mass is 371 g/mol. The largest absolute Gasteiger partial charge is 0.458 e. The van der Waals surface area contributed by atoms with Gasteiger partial charge in [0.2, 0.25) is 0 Å². The van der Waals surface area contributed by atoms with Crippen LogP contribution in [0.15, 0.2) is 66.7 Å². The van der Waals surface area contributed by atoms with Gasteiger partial charge in [-0.05, 0) is 59.8 Å². The number of aryl methyl sites for hydroxylation is 1. The van der Waals surface area contributed by atoms with Crippen molar-refractivity contribution in [1.29, 1.82) is 0 Å². The van der Waals surface area contributed by atoms with Crippen molar-refractivity contribution in [3.63, 3.8) is 0 Å². The predicted molar refractivity (Wildman–Crippen MR) is 117 cm³/mol. The van der Waals surface area contributed by atoms with Gasteiger partial charge >= 0.3 is 0 Å². The van der Waals surface area contributed by atoms with Gasteiger partial charge in [0.1, 0.15) is 23.0 Å². The number of nitrogens with zero attached hydrogens (tertiary/aromatic N) is 1. The smallest absolute Gasteiger partial charge is 0.266 e. The van der Waals surface area contributed by atoms with Gasteiger partial charge in [0.05, 0.1) is 11.0 Å². The summed E-state index contributed by atoms with van der Waals surface area (Å²) in [5, 5.41) is 2.56. The molecule has 0 saturated heterocycles. The lowest BCUT2D eigenvalue weighted by Crippen LogP contribution is -2.60. The molecule has 0 atom stereocenters. The van der Waals surface area contributed by atoms with Crippen LogP contribution in [-0.2, 0) is 0 Å². The minimum Gasteiger partial charge on any atom is -0.458 e. The number of rotatable bonds is 0. The Morgan fingerprint density at radius 1 is 0.690 bits per heavy atom. The molecule has 5 aromatic rings. The summed E-state index contributed by atoms with van der Waals surface area (Å²) in [6.07, 6.45) is 0. The third kappa shape index (κ3) is 1.46.